The fourth-order valence-corrected chi connectivity index (χ4v) is 3.70. The highest BCUT2D eigenvalue weighted by molar-refractivity contribution is 5.75. The Morgan fingerprint density at radius 2 is 2.04 bits per heavy atom. The van der Waals surface area contributed by atoms with E-state index in [9.17, 15) is 4.79 Å². The summed E-state index contributed by atoms with van der Waals surface area (Å²) in [5, 5.41) is 3.08. The number of hydrogen-bond donors (Lipinski definition) is 1. The highest BCUT2D eigenvalue weighted by atomic mass is 16.6. The first-order chi connectivity index (χ1) is 11.8. The Hall–Kier alpha value is -1.95. The van der Waals surface area contributed by atoms with E-state index >= 15 is 0 Å². The SMILES string of the molecule is O=C(NC[C@H]1CCOC1)N1CCC[C@H]1c1ccc2c(c1)OCCO2. The molecule has 24 heavy (non-hydrogen) atoms. The maximum Gasteiger partial charge on any atom is 0.317 e. The number of fused-ring (bicyclic) bond motifs is 1. The van der Waals surface area contributed by atoms with Gasteiger partial charge in [0.25, 0.3) is 0 Å². The van der Waals surface area contributed by atoms with Gasteiger partial charge < -0.3 is 24.4 Å². The molecule has 6 heteroatoms. The summed E-state index contributed by atoms with van der Waals surface area (Å²) in [5.74, 6) is 2.03. The van der Waals surface area contributed by atoms with Gasteiger partial charge in [-0.25, -0.2) is 4.79 Å². The molecule has 0 saturated carbocycles. The Labute approximate surface area is 142 Å². The van der Waals surface area contributed by atoms with Crippen LogP contribution in [0.25, 0.3) is 0 Å². The Balaban J connectivity index is 1.43. The molecule has 2 fully saturated rings. The highest BCUT2D eigenvalue weighted by Crippen LogP contribution is 2.38. The average Bonchev–Trinajstić information content (AvgIpc) is 3.31. The van der Waals surface area contributed by atoms with Gasteiger partial charge in [-0.05, 0) is 37.0 Å². The highest BCUT2D eigenvalue weighted by Gasteiger charge is 2.31. The van der Waals surface area contributed by atoms with E-state index in [2.05, 4.69) is 11.4 Å². The van der Waals surface area contributed by atoms with Crippen molar-refractivity contribution in [3.05, 3.63) is 23.8 Å². The van der Waals surface area contributed by atoms with E-state index in [1.54, 1.807) is 0 Å². The molecule has 0 aliphatic carbocycles. The minimum absolute atomic E-state index is 0.0271. The molecule has 3 aliphatic heterocycles. The lowest BCUT2D eigenvalue weighted by atomic mass is 10.0. The number of amides is 2. The lowest BCUT2D eigenvalue weighted by Crippen LogP contribution is -2.41. The summed E-state index contributed by atoms with van der Waals surface area (Å²) < 4.78 is 16.6. The number of urea groups is 1. The topological polar surface area (TPSA) is 60.0 Å². The van der Waals surface area contributed by atoms with Gasteiger partial charge in [-0.15, -0.1) is 0 Å². The average molecular weight is 332 g/mol. The van der Waals surface area contributed by atoms with Crippen molar-refractivity contribution in [3.8, 4) is 11.5 Å². The van der Waals surface area contributed by atoms with Gasteiger partial charge in [-0.1, -0.05) is 6.07 Å². The molecular weight excluding hydrogens is 308 g/mol. The van der Waals surface area contributed by atoms with Crippen molar-refractivity contribution in [3.63, 3.8) is 0 Å². The minimum Gasteiger partial charge on any atom is -0.486 e. The van der Waals surface area contributed by atoms with Crippen LogP contribution in [-0.4, -0.2) is 50.4 Å². The van der Waals surface area contributed by atoms with Gasteiger partial charge >= 0.3 is 6.03 Å². The van der Waals surface area contributed by atoms with Crippen LogP contribution in [0.15, 0.2) is 18.2 Å². The number of hydrogen-bond acceptors (Lipinski definition) is 4. The number of nitrogens with one attached hydrogen (secondary N) is 1. The second-order valence-electron chi connectivity index (χ2n) is 6.67. The molecule has 0 aromatic heterocycles. The second kappa shape index (κ2) is 6.89. The first-order valence-electron chi connectivity index (χ1n) is 8.83. The van der Waals surface area contributed by atoms with Gasteiger partial charge in [-0.3, -0.25) is 0 Å². The quantitative estimate of drug-likeness (QED) is 0.923. The van der Waals surface area contributed by atoms with Crippen molar-refractivity contribution < 1.29 is 19.0 Å². The Bertz CT molecular complexity index is 601. The van der Waals surface area contributed by atoms with Crippen LogP contribution in [0, 0.1) is 5.92 Å². The summed E-state index contributed by atoms with van der Waals surface area (Å²) in [6.07, 6.45) is 3.05. The number of benzene rings is 1. The third-order valence-corrected chi connectivity index (χ3v) is 5.03. The normalized spacial score (nSPS) is 25.8. The van der Waals surface area contributed by atoms with Crippen molar-refractivity contribution in [1.82, 2.24) is 10.2 Å². The largest absolute Gasteiger partial charge is 0.486 e. The Kier molecular flexibility index (Phi) is 4.47. The third kappa shape index (κ3) is 3.15. The van der Waals surface area contributed by atoms with Crippen LogP contribution < -0.4 is 14.8 Å². The molecule has 1 aromatic rings. The van der Waals surface area contributed by atoms with Gasteiger partial charge in [0.05, 0.1) is 12.6 Å². The van der Waals surface area contributed by atoms with Crippen molar-refractivity contribution in [2.45, 2.75) is 25.3 Å². The lowest BCUT2D eigenvalue weighted by molar-refractivity contribution is 0.170. The predicted octanol–water partition coefficient (Wildman–Crippen LogP) is 2.34. The predicted molar refractivity (Wildman–Crippen MR) is 88.4 cm³/mol. The van der Waals surface area contributed by atoms with Gasteiger partial charge in [0, 0.05) is 25.6 Å². The van der Waals surface area contributed by atoms with E-state index in [4.69, 9.17) is 14.2 Å². The Morgan fingerprint density at radius 1 is 1.17 bits per heavy atom. The molecule has 0 spiro atoms. The van der Waals surface area contributed by atoms with Crippen molar-refractivity contribution in [2.24, 2.45) is 5.92 Å². The molecule has 1 N–H and O–H groups in total. The monoisotopic (exact) mass is 332 g/mol. The van der Waals surface area contributed by atoms with E-state index in [0.717, 1.165) is 56.1 Å². The van der Waals surface area contributed by atoms with Crippen molar-refractivity contribution in [1.29, 1.82) is 0 Å². The fourth-order valence-electron chi connectivity index (χ4n) is 3.70. The summed E-state index contributed by atoms with van der Waals surface area (Å²) in [5.41, 5.74) is 1.12. The van der Waals surface area contributed by atoms with E-state index in [1.807, 2.05) is 17.0 Å². The van der Waals surface area contributed by atoms with Crippen LogP contribution >= 0.6 is 0 Å². The first-order valence-corrected chi connectivity index (χ1v) is 8.83. The van der Waals surface area contributed by atoms with Crippen LogP contribution in [0.4, 0.5) is 4.79 Å². The first kappa shape index (κ1) is 15.6. The third-order valence-electron chi connectivity index (χ3n) is 5.03. The molecular formula is C18H24N2O4. The fraction of sp³-hybridized carbons (Fsp3) is 0.611. The summed E-state index contributed by atoms with van der Waals surface area (Å²) in [6, 6.07) is 6.16. The zero-order valence-corrected chi connectivity index (χ0v) is 13.8. The molecule has 0 bridgehead atoms. The molecule has 6 nitrogen and oxygen atoms in total. The number of nitrogens with zero attached hydrogens (tertiary/aromatic N) is 1. The number of carbonyl (C=O) groups is 1. The zero-order chi connectivity index (χ0) is 16.4. The molecule has 2 atom stereocenters. The van der Waals surface area contributed by atoms with Crippen LogP contribution in [0.3, 0.4) is 0 Å². The molecule has 4 rings (SSSR count). The summed E-state index contributed by atoms with van der Waals surface area (Å²) >= 11 is 0. The number of likely N-dealkylation sites (tertiary alicyclic amines) is 1. The van der Waals surface area contributed by atoms with Gasteiger partial charge in [0.1, 0.15) is 13.2 Å². The van der Waals surface area contributed by atoms with Crippen LogP contribution in [0.5, 0.6) is 11.5 Å². The number of carbonyl (C=O) groups excluding carboxylic acids is 1. The lowest BCUT2D eigenvalue weighted by Gasteiger charge is -2.27. The maximum absolute atomic E-state index is 12.6. The molecule has 0 unspecified atom stereocenters. The standard InChI is InChI=1S/C18H24N2O4/c21-18(19-11-13-5-7-22-12-13)20-6-1-2-15(20)14-3-4-16-17(10-14)24-9-8-23-16/h3-4,10,13,15H,1-2,5-9,11-12H2,(H,19,21)/t13-,15+/m1/s1. The summed E-state index contributed by atoms with van der Waals surface area (Å²) in [7, 11) is 0. The molecule has 130 valence electrons. The minimum atomic E-state index is 0.0271. The summed E-state index contributed by atoms with van der Waals surface area (Å²) in [6.45, 7) is 4.23. The van der Waals surface area contributed by atoms with Crippen LogP contribution in [0.2, 0.25) is 0 Å². The number of rotatable bonds is 3. The van der Waals surface area contributed by atoms with Crippen LogP contribution in [0.1, 0.15) is 30.9 Å². The van der Waals surface area contributed by atoms with Crippen molar-refractivity contribution >= 4 is 6.03 Å². The molecule has 2 saturated heterocycles. The second-order valence-corrected chi connectivity index (χ2v) is 6.67. The molecule has 2 amide bonds. The zero-order valence-electron chi connectivity index (χ0n) is 13.8. The number of ether oxygens (including phenoxy) is 3. The molecule has 1 aromatic carbocycles. The van der Waals surface area contributed by atoms with Gasteiger partial charge in [-0.2, -0.15) is 0 Å². The van der Waals surface area contributed by atoms with E-state index < -0.39 is 0 Å². The van der Waals surface area contributed by atoms with Crippen LogP contribution in [-0.2, 0) is 4.74 Å². The van der Waals surface area contributed by atoms with Gasteiger partial charge in [0.2, 0.25) is 0 Å². The van der Waals surface area contributed by atoms with Gasteiger partial charge in [0.15, 0.2) is 11.5 Å². The molecule has 3 heterocycles. The smallest absolute Gasteiger partial charge is 0.317 e. The summed E-state index contributed by atoms with van der Waals surface area (Å²) in [4.78, 5) is 14.5. The molecule has 3 aliphatic rings. The van der Waals surface area contributed by atoms with E-state index in [1.165, 1.54) is 0 Å². The van der Waals surface area contributed by atoms with Crippen molar-refractivity contribution in [2.75, 3.05) is 39.5 Å². The van der Waals surface area contributed by atoms with E-state index in [0.29, 0.717) is 25.7 Å². The van der Waals surface area contributed by atoms with E-state index in [-0.39, 0.29) is 12.1 Å². The maximum atomic E-state index is 12.6. The Morgan fingerprint density at radius 3 is 2.88 bits per heavy atom. The molecule has 0 radical (unpaired) electrons.